The maximum absolute atomic E-state index is 5.97. The predicted octanol–water partition coefficient (Wildman–Crippen LogP) is 4.52. The van der Waals surface area contributed by atoms with Crippen molar-refractivity contribution < 1.29 is 18.9 Å². The summed E-state index contributed by atoms with van der Waals surface area (Å²) in [6.45, 7) is 5.11. The molecule has 0 heterocycles. The summed E-state index contributed by atoms with van der Waals surface area (Å²) in [6, 6.07) is 0. The van der Waals surface area contributed by atoms with Gasteiger partial charge in [-0.2, -0.15) is 0 Å². The fourth-order valence-corrected chi connectivity index (χ4v) is 2.49. The standard InChI is InChI=1S/C17H36O4/c1-6-8-10-11-12-13-14-16(21-15-9-7-2)17(18-3,19-4)20-5/h16H,6-15H2,1-5H3. The molecule has 4 nitrogen and oxygen atoms in total. The molecule has 0 aromatic carbocycles. The Morgan fingerprint density at radius 1 is 0.714 bits per heavy atom. The molecule has 0 N–H and O–H groups in total. The van der Waals surface area contributed by atoms with Crippen molar-refractivity contribution in [3.63, 3.8) is 0 Å². The van der Waals surface area contributed by atoms with E-state index in [0.29, 0.717) is 0 Å². The first-order valence-corrected chi connectivity index (χ1v) is 8.47. The smallest absolute Gasteiger partial charge is 0.310 e. The molecule has 0 aliphatic carbocycles. The van der Waals surface area contributed by atoms with E-state index in [4.69, 9.17) is 18.9 Å². The number of methoxy groups -OCH3 is 3. The summed E-state index contributed by atoms with van der Waals surface area (Å²) in [5.41, 5.74) is 0. The predicted molar refractivity (Wildman–Crippen MR) is 86.4 cm³/mol. The Labute approximate surface area is 131 Å². The average molecular weight is 304 g/mol. The third-order valence-corrected chi connectivity index (χ3v) is 3.88. The van der Waals surface area contributed by atoms with Crippen LogP contribution in [0.3, 0.4) is 0 Å². The van der Waals surface area contributed by atoms with Gasteiger partial charge < -0.3 is 18.9 Å². The van der Waals surface area contributed by atoms with E-state index in [2.05, 4.69) is 13.8 Å². The highest BCUT2D eigenvalue weighted by atomic mass is 16.9. The van der Waals surface area contributed by atoms with Crippen LogP contribution in [0.15, 0.2) is 0 Å². The number of unbranched alkanes of at least 4 members (excludes halogenated alkanes) is 6. The van der Waals surface area contributed by atoms with Crippen LogP contribution in [0.5, 0.6) is 0 Å². The van der Waals surface area contributed by atoms with Crippen LogP contribution in [0.2, 0.25) is 0 Å². The van der Waals surface area contributed by atoms with Gasteiger partial charge in [-0.3, -0.25) is 0 Å². The maximum Gasteiger partial charge on any atom is 0.310 e. The molecule has 0 fully saturated rings. The molecular weight excluding hydrogens is 268 g/mol. The molecule has 128 valence electrons. The minimum Gasteiger partial charge on any atom is -0.370 e. The molecule has 0 aromatic rings. The highest BCUT2D eigenvalue weighted by Gasteiger charge is 2.40. The minimum atomic E-state index is -1.09. The third-order valence-electron chi connectivity index (χ3n) is 3.88. The van der Waals surface area contributed by atoms with Gasteiger partial charge in [-0.15, -0.1) is 0 Å². The minimum absolute atomic E-state index is 0.185. The van der Waals surface area contributed by atoms with Crippen LogP contribution in [0.25, 0.3) is 0 Å². The van der Waals surface area contributed by atoms with E-state index in [0.717, 1.165) is 32.3 Å². The lowest BCUT2D eigenvalue weighted by Gasteiger charge is -2.36. The largest absolute Gasteiger partial charge is 0.370 e. The lowest BCUT2D eigenvalue weighted by Crippen LogP contribution is -2.49. The summed E-state index contributed by atoms with van der Waals surface area (Å²) >= 11 is 0. The number of hydrogen-bond donors (Lipinski definition) is 0. The summed E-state index contributed by atoms with van der Waals surface area (Å²) in [4.78, 5) is 0. The fourth-order valence-electron chi connectivity index (χ4n) is 2.49. The zero-order valence-electron chi connectivity index (χ0n) is 14.8. The van der Waals surface area contributed by atoms with Crippen LogP contribution < -0.4 is 0 Å². The molecule has 4 heteroatoms. The topological polar surface area (TPSA) is 36.9 Å². The van der Waals surface area contributed by atoms with Crippen molar-refractivity contribution in [1.82, 2.24) is 0 Å². The van der Waals surface area contributed by atoms with Gasteiger partial charge in [0.05, 0.1) is 0 Å². The van der Waals surface area contributed by atoms with Gasteiger partial charge in [0.1, 0.15) is 6.10 Å². The number of rotatable bonds is 15. The van der Waals surface area contributed by atoms with Crippen LogP contribution >= 0.6 is 0 Å². The van der Waals surface area contributed by atoms with Crippen LogP contribution in [-0.4, -0.2) is 40.0 Å². The van der Waals surface area contributed by atoms with Gasteiger partial charge in [-0.05, 0) is 12.8 Å². The quantitative estimate of drug-likeness (QED) is 0.329. The van der Waals surface area contributed by atoms with Crippen molar-refractivity contribution in [3.8, 4) is 0 Å². The van der Waals surface area contributed by atoms with Gasteiger partial charge in [0.25, 0.3) is 0 Å². The monoisotopic (exact) mass is 304 g/mol. The van der Waals surface area contributed by atoms with Crippen molar-refractivity contribution in [2.75, 3.05) is 27.9 Å². The van der Waals surface area contributed by atoms with Crippen LogP contribution in [0, 0.1) is 0 Å². The van der Waals surface area contributed by atoms with Crippen LogP contribution in [0.4, 0.5) is 0 Å². The number of hydrogen-bond acceptors (Lipinski definition) is 4. The molecule has 0 aliphatic heterocycles. The fraction of sp³-hybridized carbons (Fsp3) is 1.00. The molecule has 0 saturated heterocycles. The Morgan fingerprint density at radius 2 is 1.24 bits per heavy atom. The first-order valence-electron chi connectivity index (χ1n) is 8.47. The maximum atomic E-state index is 5.97. The Balaban J connectivity index is 4.30. The summed E-state index contributed by atoms with van der Waals surface area (Å²) in [5, 5.41) is 0. The van der Waals surface area contributed by atoms with Crippen LogP contribution in [-0.2, 0) is 18.9 Å². The zero-order valence-corrected chi connectivity index (χ0v) is 14.8. The third kappa shape index (κ3) is 8.15. The second-order valence-corrected chi connectivity index (χ2v) is 5.49. The molecule has 1 atom stereocenters. The molecule has 0 spiro atoms. The summed E-state index contributed by atoms with van der Waals surface area (Å²) in [7, 11) is 4.80. The molecule has 1 unspecified atom stereocenters. The van der Waals surface area contributed by atoms with Crippen molar-refractivity contribution in [1.29, 1.82) is 0 Å². The van der Waals surface area contributed by atoms with Gasteiger partial charge in [-0.25, -0.2) is 0 Å². The van der Waals surface area contributed by atoms with E-state index in [-0.39, 0.29) is 6.10 Å². The Morgan fingerprint density at radius 3 is 1.76 bits per heavy atom. The summed E-state index contributed by atoms with van der Waals surface area (Å²) < 4.78 is 22.3. The Hall–Kier alpha value is -0.160. The van der Waals surface area contributed by atoms with Gasteiger partial charge >= 0.3 is 5.97 Å². The first kappa shape index (κ1) is 20.8. The summed E-state index contributed by atoms with van der Waals surface area (Å²) in [6.07, 6.45) is 10.4. The Bertz CT molecular complexity index is 209. The average Bonchev–Trinajstić information content (AvgIpc) is 2.52. The molecular formula is C17H36O4. The van der Waals surface area contributed by atoms with Gasteiger partial charge in [0.2, 0.25) is 0 Å². The van der Waals surface area contributed by atoms with E-state index in [1.54, 1.807) is 21.3 Å². The second kappa shape index (κ2) is 13.5. The highest BCUT2D eigenvalue weighted by molar-refractivity contribution is 4.71. The van der Waals surface area contributed by atoms with Gasteiger partial charge in [0.15, 0.2) is 0 Å². The molecule has 0 aliphatic rings. The summed E-state index contributed by atoms with van der Waals surface area (Å²) in [5.74, 6) is -1.09. The lowest BCUT2D eigenvalue weighted by atomic mass is 10.1. The van der Waals surface area contributed by atoms with E-state index < -0.39 is 5.97 Å². The highest BCUT2D eigenvalue weighted by Crippen LogP contribution is 2.25. The molecule has 0 saturated carbocycles. The van der Waals surface area contributed by atoms with E-state index in [1.165, 1.54) is 32.1 Å². The van der Waals surface area contributed by atoms with Crippen molar-refractivity contribution in [3.05, 3.63) is 0 Å². The molecule has 21 heavy (non-hydrogen) atoms. The molecule has 0 amide bonds. The van der Waals surface area contributed by atoms with Gasteiger partial charge in [0, 0.05) is 27.9 Å². The zero-order chi connectivity index (χ0) is 16.0. The van der Waals surface area contributed by atoms with Crippen molar-refractivity contribution in [2.24, 2.45) is 0 Å². The molecule has 0 rings (SSSR count). The SMILES string of the molecule is CCCCCCCCC(OCCCC)C(OC)(OC)OC. The van der Waals surface area contributed by atoms with E-state index in [9.17, 15) is 0 Å². The normalized spacial score (nSPS) is 13.6. The van der Waals surface area contributed by atoms with E-state index >= 15 is 0 Å². The first-order chi connectivity index (χ1) is 10.2. The molecule has 0 radical (unpaired) electrons. The van der Waals surface area contributed by atoms with Crippen molar-refractivity contribution >= 4 is 0 Å². The molecule has 0 bridgehead atoms. The van der Waals surface area contributed by atoms with Crippen molar-refractivity contribution in [2.45, 2.75) is 83.7 Å². The number of ether oxygens (including phenoxy) is 4. The molecule has 0 aromatic heterocycles. The Kier molecular flexibility index (Phi) is 13.4. The van der Waals surface area contributed by atoms with Crippen LogP contribution in [0.1, 0.15) is 71.6 Å². The van der Waals surface area contributed by atoms with Gasteiger partial charge in [-0.1, -0.05) is 58.8 Å². The second-order valence-electron chi connectivity index (χ2n) is 5.49. The lowest BCUT2D eigenvalue weighted by molar-refractivity contribution is -0.394. The van der Waals surface area contributed by atoms with E-state index in [1.807, 2.05) is 0 Å².